The first-order valence-corrected chi connectivity index (χ1v) is 5.23. The molecular formula is C10H18N2O4. The minimum Gasteiger partial charge on any atom is -0.479 e. The predicted molar refractivity (Wildman–Crippen MR) is 57.1 cm³/mol. The van der Waals surface area contributed by atoms with Gasteiger partial charge in [-0.2, -0.15) is 0 Å². The third kappa shape index (κ3) is 3.18. The molecule has 0 aromatic rings. The molecule has 1 amide bonds. The van der Waals surface area contributed by atoms with Crippen molar-refractivity contribution in [2.24, 2.45) is 0 Å². The van der Waals surface area contributed by atoms with E-state index in [1.165, 1.54) is 0 Å². The lowest BCUT2D eigenvalue weighted by Gasteiger charge is -2.24. The van der Waals surface area contributed by atoms with Gasteiger partial charge in [0.05, 0.1) is 6.61 Å². The fourth-order valence-electron chi connectivity index (χ4n) is 1.54. The summed E-state index contributed by atoms with van der Waals surface area (Å²) >= 11 is 0. The maximum atomic E-state index is 11.6. The summed E-state index contributed by atoms with van der Waals surface area (Å²) in [6, 6.07) is 0. The maximum absolute atomic E-state index is 11.6. The van der Waals surface area contributed by atoms with Gasteiger partial charge < -0.3 is 20.1 Å². The van der Waals surface area contributed by atoms with E-state index < -0.39 is 11.5 Å². The van der Waals surface area contributed by atoms with Crippen LogP contribution in [0.5, 0.6) is 0 Å². The van der Waals surface area contributed by atoms with Gasteiger partial charge in [0, 0.05) is 26.0 Å². The van der Waals surface area contributed by atoms with Crippen LogP contribution in [0.25, 0.3) is 0 Å². The number of ether oxygens (including phenoxy) is 1. The van der Waals surface area contributed by atoms with Gasteiger partial charge in [-0.1, -0.05) is 0 Å². The van der Waals surface area contributed by atoms with Gasteiger partial charge in [0.1, 0.15) is 0 Å². The Hall–Kier alpha value is -1.14. The van der Waals surface area contributed by atoms with E-state index in [0.29, 0.717) is 26.0 Å². The number of rotatable bonds is 5. The van der Waals surface area contributed by atoms with E-state index in [1.807, 2.05) is 19.0 Å². The summed E-state index contributed by atoms with van der Waals surface area (Å²) in [6.07, 6.45) is 0.623. The molecule has 2 N–H and O–H groups in total. The highest BCUT2D eigenvalue weighted by Gasteiger charge is 2.43. The molecule has 6 nitrogen and oxygen atoms in total. The van der Waals surface area contributed by atoms with Gasteiger partial charge in [0.2, 0.25) is 5.91 Å². The van der Waals surface area contributed by atoms with Crippen LogP contribution in [0.4, 0.5) is 0 Å². The molecule has 1 saturated heterocycles. The standard InChI is InChI=1S/C10H18N2O4/c1-12(2)5-3-8(13)11-10(9(14)15)4-6-16-7-10/h3-7H2,1-2H3,(H,11,13)(H,14,15). The number of hydrogen-bond donors (Lipinski definition) is 2. The number of aliphatic carboxylic acids is 1. The number of nitrogens with zero attached hydrogens (tertiary/aromatic N) is 1. The SMILES string of the molecule is CN(C)CCC(=O)NC1(C(=O)O)CCOC1. The molecule has 0 bridgehead atoms. The van der Waals surface area contributed by atoms with E-state index in [-0.39, 0.29) is 12.5 Å². The van der Waals surface area contributed by atoms with Crippen LogP contribution in [0, 0.1) is 0 Å². The zero-order valence-corrected chi connectivity index (χ0v) is 9.65. The lowest BCUT2D eigenvalue weighted by Crippen LogP contribution is -2.55. The van der Waals surface area contributed by atoms with Crippen molar-refractivity contribution in [1.82, 2.24) is 10.2 Å². The van der Waals surface area contributed by atoms with Crippen molar-refractivity contribution >= 4 is 11.9 Å². The summed E-state index contributed by atoms with van der Waals surface area (Å²) in [5, 5.41) is 11.6. The molecule has 1 fully saturated rings. The highest BCUT2D eigenvalue weighted by Crippen LogP contribution is 2.19. The van der Waals surface area contributed by atoms with Gasteiger partial charge in [-0.25, -0.2) is 4.79 Å². The normalized spacial score (nSPS) is 24.7. The second-order valence-corrected chi connectivity index (χ2v) is 4.29. The maximum Gasteiger partial charge on any atom is 0.331 e. The molecule has 0 aliphatic carbocycles. The Labute approximate surface area is 94.6 Å². The van der Waals surface area contributed by atoms with E-state index in [1.54, 1.807) is 0 Å². The molecule has 0 aromatic heterocycles. The number of carbonyl (C=O) groups is 2. The van der Waals surface area contributed by atoms with Crippen LogP contribution in [0.1, 0.15) is 12.8 Å². The molecule has 1 rings (SSSR count). The third-order valence-corrected chi connectivity index (χ3v) is 2.60. The Balaban J connectivity index is 2.49. The van der Waals surface area contributed by atoms with Crippen molar-refractivity contribution in [2.45, 2.75) is 18.4 Å². The van der Waals surface area contributed by atoms with Crippen LogP contribution in [0.15, 0.2) is 0 Å². The number of carboxylic acid groups (broad SMARTS) is 1. The van der Waals surface area contributed by atoms with Crippen LogP contribution >= 0.6 is 0 Å². The summed E-state index contributed by atoms with van der Waals surface area (Å²) in [5.41, 5.74) is -1.22. The molecule has 1 atom stereocenters. The monoisotopic (exact) mass is 230 g/mol. The zero-order valence-electron chi connectivity index (χ0n) is 9.65. The largest absolute Gasteiger partial charge is 0.479 e. The van der Waals surface area contributed by atoms with E-state index in [4.69, 9.17) is 9.84 Å². The molecule has 0 spiro atoms. The highest BCUT2D eigenvalue weighted by atomic mass is 16.5. The highest BCUT2D eigenvalue weighted by molar-refractivity contribution is 5.87. The summed E-state index contributed by atoms with van der Waals surface area (Å²) in [6.45, 7) is 1.03. The smallest absolute Gasteiger partial charge is 0.331 e. The molecule has 1 aliphatic heterocycles. The second kappa shape index (κ2) is 5.27. The lowest BCUT2D eigenvalue weighted by molar-refractivity contribution is -0.147. The van der Waals surface area contributed by atoms with Gasteiger partial charge in [0.15, 0.2) is 5.54 Å². The zero-order chi connectivity index (χ0) is 12.2. The van der Waals surface area contributed by atoms with Gasteiger partial charge >= 0.3 is 5.97 Å². The molecule has 1 unspecified atom stereocenters. The molecule has 1 heterocycles. The van der Waals surface area contributed by atoms with Crippen molar-refractivity contribution in [2.75, 3.05) is 33.9 Å². The Bertz CT molecular complexity index is 272. The molecule has 6 heteroatoms. The Kier molecular flexibility index (Phi) is 4.26. The molecule has 0 saturated carbocycles. The van der Waals surface area contributed by atoms with Crippen LogP contribution in [-0.4, -0.2) is 61.3 Å². The minimum atomic E-state index is -1.22. The number of carbonyl (C=O) groups excluding carboxylic acids is 1. The van der Waals surface area contributed by atoms with Crippen molar-refractivity contribution in [3.8, 4) is 0 Å². The average molecular weight is 230 g/mol. The van der Waals surface area contributed by atoms with E-state index in [2.05, 4.69) is 5.32 Å². The lowest BCUT2D eigenvalue weighted by atomic mass is 9.99. The summed E-state index contributed by atoms with van der Waals surface area (Å²) in [7, 11) is 3.72. The van der Waals surface area contributed by atoms with E-state index in [0.717, 1.165) is 0 Å². The molecule has 1 aliphatic rings. The first-order chi connectivity index (χ1) is 7.46. The van der Waals surface area contributed by atoms with Gasteiger partial charge in [0.25, 0.3) is 0 Å². The molecular weight excluding hydrogens is 212 g/mol. The average Bonchev–Trinajstić information content (AvgIpc) is 2.64. The van der Waals surface area contributed by atoms with Crippen molar-refractivity contribution in [3.05, 3.63) is 0 Å². The van der Waals surface area contributed by atoms with Crippen molar-refractivity contribution < 1.29 is 19.4 Å². The quantitative estimate of drug-likeness (QED) is 0.653. The van der Waals surface area contributed by atoms with Gasteiger partial charge in [-0.05, 0) is 14.1 Å². The first kappa shape index (κ1) is 12.9. The fraction of sp³-hybridized carbons (Fsp3) is 0.800. The summed E-state index contributed by atoms with van der Waals surface area (Å²) < 4.78 is 5.04. The number of nitrogens with one attached hydrogen (secondary N) is 1. The second-order valence-electron chi connectivity index (χ2n) is 4.29. The Morgan fingerprint density at radius 3 is 2.62 bits per heavy atom. The number of carboxylic acids is 1. The van der Waals surface area contributed by atoms with Crippen LogP contribution < -0.4 is 5.32 Å². The van der Waals surface area contributed by atoms with Crippen molar-refractivity contribution in [1.29, 1.82) is 0 Å². The molecule has 0 aromatic carbocycles. The minimum absolute atomic E-state index is 0.0516. The van der Waals surface area contributed by atoms with Crippen LogP contribution in [-0.2, 0) is 14.3 Å². The molecule has 16 heavy (non-hydrogen) atoms. The Morgan fingerprint density at radius 2 is 2.19 bits per heavy atom. The number of hydrogen-bond acceptors (Lipinski definition) is 4. The molecule has 0 radical (unpaired) electrons. The predicted octanol–water partition coefficient (Wildman–Crippen LogP) is -0.702. The number of amides is 1. The first-order valence-electron chi connectivity index (χ1n) is 5.23. The van der Waals surface area contributed by atoms with Gasteiger partial charge in [-0.15, -0.1) is 0 Å². The summed E-state index contributed by atoms with van der Waals surface area (Å²) in [5.74, 6) is -1.27. The van der Waals surface area contributed by atoms with Crippen LogP contribution in [0.2, 0.25) is 0 Å². The topological polar surface area (TPSA) is 78.9 Å². The van der Waals surface area contributed by atoms with Gasteiger partial charge in [-0.3, -0.25) is 4.79 Å². The van der Waals surface area contributed by atoms with E-state index in [9.17, 15) is 9.59 Å². The summed E-state index contributed by atoms with van der Waals surface area (Å²) in [4.78, 5) is 24.5. The third-order valence-electron chi connectivity index (χ3n) is 2.60. The van der Waals surface area contributed by atoms with E-state index >= 15 is 0 Å². The fourth-order valence-corrected chi connectivity index (χ4v) is 1.54. The Morgan fingerprint density at radius 1 is 1.50 bits per heavy atom. The van der Waals surface area contributed by atoms with Crippen LogP contribution in [0.3, 0.4) is 0 Å². The van der Waals surface area contributed by atoms with Crippen molar-refractivity contribution in [3.63, 3.8) is 0 Å². The molecule has 92 valence electrons.